The summed E-state index contributed by atoms with van der Waals surface area (Å²) in [5, 5.41) is 15.4. The molecular formula is C19H24N6O2. The zero-order valence-electron chi connectivity index (χ0n) is 15.7. The maximum Gasteiger partial charge on any atom is 0.256 e. The molecule has 1 aromatic carbocycles. The van der Waals surface area contributed by atoms with Crippen LogP contribution in [0, 0.1) is 0 Å². The van der Waals surface area contributed by atoms with E-state index in [1.165, 1.54) is 0 Å². The van der Waals surface area contributed by atoms with Crippen molar-refractivity contribution in [2.24, 2.45) is 0 Å². The molecule has 2 aromatic heterocycles. The minimum atomic E-state index is -0.269. The first-order valence-electron chi connectivity index (χ1n) is 9.01. The minimum absolute atomic E-state index is 0.0347. The zero-order chi connectivity index (χ0) is 19.4. The molecular weight excluding hydrogens is 344 g/mol. The van der Waals surface area contributed by atoms with E-state index in [-0.39, 0.29) is 24.6 Å². The van der Waals surface area contributed by atoms with Crippen molar-refractivity contribution in [2.45, 2.75) is 39.3 Å². The van der Waals surface area contributed by atoms with Crippen molar-refractivity contribution < 1.29 is 9.90 Å². The normalized spacial score (nSPS) is 12.3. The predicted octanol–water partition coefficient (Wildman–Crippen LogP) is 2.84. The number of benzene rings is 1. The molecule has 2 heterocycles. The van der Waals surface area contributed by atoms with Crippen molar-refractivity contribution in [3.63, 3.8) is 0 Å². The van der Waals surface area contributed by atoms with E-state index in [4.69, 9.17) is 0 Å². The number of rotatable bonds is 7. The maximum absolute atomic E-state index is 12.6. The van der Waals surface area contributed by atoms with Crippen LogP contribution in [0.25, 0.3) is 11.2 Å². The Kier molecular flexibility index (Phi) is 5.66. The first-order valence-corrected chi connectivity index (χ1v) is 9.01. The molecule has 0 saturated carbocycles. The van der Waals surface area contributed by atoms with E-state index in [9.17, 15) is 9.90 Å². The molecule has 0 aliphatic heterocycles. The number of fused-ring (bicyclic) bond motifs is 1. The number of nitrogens with zero attached hydrogens (tertiary/aromatic N) is 4. The Balaban J connectivity index is 2.02. The average Bonchev–Trinajstić information content (AvgIpc) is 3.11. The summed E-state index contributed by atoms with van der Waals surface area (Å²) in [4.78, 5) is 26.0. The smallest absolute Gasteiger partial charge is 0.256 e. The molecule has 1 atom stereocenters. The lowest BCUT2D eigenvalue weighted by molar-refractivity contribution is 0.102. The van der Waals surface area contributed by atoms with E-state index in [0.29, 0.717) is 34.9 Å². The van der Waals surface area contributed by atoms with Gasteiger partial charge in [-0.05, 0) is 32.4 Å². The number of hydrogen-bond acceptors (Lipinski definition) is 6. The number of nitrogens with one attached hydrogen (secondary N) is 2. The van der Waals surface area contributed by atoms with Crippen molar-refractivity contribution in [1.29, 1.82) is 0 Å². The molecule has 3 aromatic rings. The van der Waals surface area contributed by atoms with Gasteiger partial charge < -0.3 is 20.3 Å². The van der Waals surface area contributed by atoms with E-state index < -0.39 is 0 Å². The molecule has 0 fully saturated rings. The molecule has 0 unspecified atom stereocenters. The SMILES string of the molecule is CC[C@H](CO)Nc1nc(NC(=O)c2ccccc2)c2ncn(C(C)C)c2n1. The molecule has 8 nitrogen and oxygen atoms in total. The Morgan fingerprint density at radius 3 is 2.59 bits per heavy atom. The zero-order valence-corrected chi connectivity index (χ0v) is 15.7. The summed E-state index contributed by atoms with van der Waals surface area (Å²) in [7, 11) is 0. The van der Waals surface area contributed by atoms with Crippen LogP contribution in [0.3, 0.4) is 0 Å². The lowest BCUT2D eigenvalue weighted by Gasteiger charge is -2.16. The Morgan fingerprint density at radius 1 is 1.22 bits per heavy atom. The van der Waals surface area contributed by atoms with Crippen molar-refractivity contribution in [3.8, 4) is 0 Å². The fraction of sp³-hybridized carbons (Fsp3) is 0.368. The van der Waals surface area contributed by atoms with Crippen molar-refractivity contribution in [1.82, 2.24) is 19.5 Å². The summed E-state index contributed by atoms with van der Waals surface area (Å²) in [6, 6.07) is 8.91. The summed E-state index contributed by atoms with van der Waals surface area (Å²) in [5.41, 5.74) is 1.68. The van der Waals surface area contributed by atoms with Gasteiger partial charge in [-0.15, -0.1) is 0 Å². The van der Waals surface area contributed by atoms with Gasteiger partial charge in [0, 0.05) is 11.6 Å². The number of hydrogen-bond donors (Lipinski definition) is 3. The third-order valence-corrected chi connectivity index (χ3v) is 4.29. The highest BCUT2D eigenvalue weighted by molar-refractivity contribution is 6.06. The highest BCUT2D eigenvalue weighted by atomic mass is 16.3. The van der Waals surface area contributed by atoms with Crippen LogP contribution in [-0.2, 0) is 0 Å². The third kappa shape index (κ3) is 4.06. The number of anilines is 2. The number of carbonyl (C=O) groups excluding carboxylic acids is 1. The third-order valence-electron chi connectivity index (χ3n) is 4.29. The lowest BCUT2D eigenvalue weighted by atomic mass is 10.2. The molecule has 0 aliphatic carbocycles. The van der Waals surface area contributed by atoms with Crippen LogP contribution in [0.5, 0.6) is 0 Å². The molecule has 0 aliphatic rings. The maximum atomic E-state index is 12.6. The topological polar surface area (TPSA) is 105 Å². The number of carbonyl (C=O) groups is 1. The van der Waals surface area contributed by atoms with Gasteiger partial charge in [-0.1, -0.05) is 25.1 Å². The van der Waals surface area contributed by atoms with Gasteiger partial charge in [0.1, 0.15) is 0 Å². The van der Waals surface area contributed by atoms with Gasteiger partial charge in [0.05, 0.1) is 19.0 Å². The van der Waals surface area contributed by atoms with Crippen LogP contribution in [0.4, 0.5) is 11.8 Å². The highest BCUT2D eigenvalue weighted by Crippen LogP contribution is 2.24. The standard InChI is InChI=1S/C19H24N6O2/c1-4-14(10-26)21-19-23-16(22-18(27)13-8-6-5-7-9-13)15-17(24-19)25(11-20-15)12(2)3/h5-9,11-12,14,26H,4,10H2,1-3H3,(H2,21,22,23,24,27)/t14-/m1/s1. The summed E-state index contributed by atoms with van der Waals surface area (Å²) < 4.78 is 1.92. The Hall–Kier alpha value is -3.00. The van der Waals surface area contributed by atoms with Crippen LogP contribution in [0.15, 0.2) is 36.7 Å². The summed E-state index contributed by atoms with van der Waals surface area (Å²) in [6.07, 6.45) is 2.41. The molecule has 142 valence electrons. The van der Waals surface area contributed by atoms with E-state index >= 15 is 0 Å². The van der Waals surface area contributed by atoms with Crippen molar-refractivity contribution in [2.75, 3.05) is 17.2 Å². The Bertz CT molecular complexity index is 919. The molecule has 1 amide bonds. The number of aliphatic hydroxyl groups excluding tert-OH is 1. The quantitative estimate of drug-likeness (QED) is 0.592. The number of amides is 1. The summed E-state index contributed by atoms with van der Waals surface area (Å²) in [6.45, 7) is 5.98. The molecule has 0 spiro atoms. The molecule has 27 heavy (non-hydrogen) atoms. The molecule has 0 bridgehead atoms. The highest BCUT2D eigenvalue weighted by Gasteiger charge is 2.18. The van der Waals surface area contributed by atoms with E-state index in [1.807, 2.05) is 31.4 Å². The van der Waals surface area contributed by atoms with E-state index in [1.54, 1.807) is 30.6 Å². The van der Waals surface area contributed by atoms with Gasteiger partial charge in [-0.25, -0.2) is 4.98 Å². The molecule has 0 saturated heterocycles. The average molecular weight is 368 g/mol. The fourth-order valence-electron chi connectivity index (χ4n) is 2.67. The fourth-order valence-corrected chi connectivity index (χ4v) is 2.67. The Morgan fingerprint density at radius 2 is 1.96 bits per heavy atom. The van der Waals surface area contributed by atoms with Gasteiger partial charge >= 0.3 is 0 Å². The molecule has 3 rings (SSSR count). The lowest BCUT2D eigenvalue weighted by Crippen LogP contribution is -2.24. The van der Waals surface area contributed by atoms with Gasteiger partial charge in [0.2, 0.25) is 5.95 Å². The Labute approximate surface area is 157 Å². The van der Waals surface area contributed by atoms with Crippen LogP contribution in [0.2, 0.25) is 0 Å². The van der Waals surface area contributed by atoms with E-state index in [0.717, 1.165) is 0 Å². The molecule has 0 radical (unpaired) electrons. The first-order chi connectivity index (χ1) is 13.0. The summed E-state index contributed by atoms with van der Waals surface area (Å²) in [5.74, 6) is 0.410. The molecule has 8 heteroatoms. The molecule has 3 N–H and O–H groups in total. The van der Waals surface area contributed by atoms with Gasteiger partial charge in [0.15, 0.2) is 17.0 Å². The minimum Gasteiger partial charge on any atom is -0.394 e. The van der Waals surface area contributed by atoms with Crippen LogP contribution >= 0.6 is 0 Å². The monoisotopic (exact) mass is 368 g/mol. The second-order valence-electron chi connectivity index (χ2n) is 6.57. The van der Waals surface area contributed by atoms with Gasteiger partial charge in [-0.2, -0.15) is 9.97 Å². The van der Waals surface area contributed by atoms with Crippen LogP contribution in [0.1, 0.15) is 43.6 Å². The number of imidazole rings is 1. The van der Waals surface area contributed by atoms with Crippen LogP contribution < -0.4 is 10.6 Å². The van der Waals surface area contributed by atoms with Crippen molar-refractivity contribution >= 4 is 28.8 Å². The first kappa shape index (κ1) is 18.8. The van der Waals surface area contributed by atoms with Gasteiger partial charge in [-0.3, -0.25) is 4.79 Å². The number of aliphatic hydroxyl groups is 1. The van der Waals surface area contributed by atoms with E-state index in [2.05, 4.69) is 25.6 Å². The summed E-state index contributed by atoms with van der Waals surface area (Å²) >= 11 is 0. The van der Waals surface area contributed by atoms with Gasteiger partial charge in [0.25, 0.3) is 5.91 Å². The largest absolute Gasteiger partial charge is 0.394 e. The van der Waals surface area contributed by atoms with Crippen molar-refractivity contribution in [3.05, 3.63) is 42.2 Å². The second kappa shape index (κ2) is 8.13. The predicted molar refractivity (Wildman–Crippen MR) is 105 cm³/mol. The van der Waals surface area contributed by atoms with Crippen LogP contribution in [-0.4, -0.2) is 43.2 Å². The second-order valence-corrected chi connectivity index (χ2v) is 6.57. The number of aromatic nitrogens is 4.